The van der Waals surface area contributed by atoms with E-state index in [0.29, 0.717) is 6.54 Å². The third-order valence-electron chi connectivity index (χ3n) is 2.66. The van der Waals surface area contributed by atoms with E-state index in [2.05, 4.69) is 26.0 Å². The van der Waals surface area contributed by atoms with E-state index in [0.717, 1.165) is 5.56 Å². The van der Waals surface area contributed by atoms with Crippen molar-refractivity contribution in [3.05, 3.63) is 54.0 Å². The first-order chi connectivity index (χ1) is 10.3. The van der Waals surface area contributed by atoms with Crippen LogP contribution in [0.3, 0.4) is 0 Å². The Bertz CT molecular complexity index is 679. The quantitative estimate of drug-likeness (QED) is 0.863. The second-order valence-electron chi connectivity index (χ2n) is 4.13. The number of anilines is 1. The van der Waals surface area contributed by atoms with Gasteiger partial charge in [-0.3, -0.25) is 10.2 Å². The monoisotopic (exact) mass is 284 g/mol. The first-order valence-electron chi connectivity index (χ1n) is 6.24. The molecule has 1 amide bonds. The number of hydrogen-bond donors (Lipinski definition) is 2. The van der Waals surface area contributed by atoms with Gasteiger partial charge < -0.3 is 9.84 Å². The van der Waals surface area contributed by atoms with Gasteiger partial charge in [0.25, 0.3) is 11.7 Å². The Kier molecular flexibility index (Phi) is 3.59. The van der Waals surface area contributed by atoms with E-state index in [1.54, 1.807) is 18.5 Å². The number of hydrazone groups is 1. The van der Waals surface area contributed by atoms with Crippen LogP contribution in [0.25, 0.3) is 0 Å². The Labute approximate surface area is 120 Å². The first kappa shape index (κ1) is 12.9. The number of hydrazine groups is 1. The lowest BCUT2D eigenvalue weighted by atomic mass is 10.2. The fraction of sp³-hybridized carbons (Fsp3) is 0.0769. The molecular weight excluding hydrogens is 272 g/mol. The van der Waals surface area contributed by atoms with Gasteiger partial charge in [0.05, 0.1) is 6.21 Å². The molecule has 1 aromatic carbocycles. The van der Waals surface area contributed by atoms with Crippen molar-refractivity contribution in [2.75, 3.05) is 5.12 Å². The number of aromatic nitrogens is 2. The molecule has 21 heavy (non-hydrogen) atoms. The molecule has 0 saturated carbocycles. The summed E-state index contributed by atoms with van der Waals surface area (Å²) in [7, 11) is 0. The lowest BCUT2D eigenvalue weighted by molar-refractivity contribution is 0.0937. The maximum atomic E-state index is 11.9. The third-order valence-corrected chi connectivity index (χ3v) is 2.66. The van der Waals surface area contributed by atoms with Crippen LogP contribution in [0.4, 0.5) is 6.01 Å². The maximum Gasteiger partial charge on any atom is 0.364 e. The fourth-order valence-electron chi connectivity index (χ4n) is 1.65. The molecule has 2 aromatic rings. The zero-order valence-corrected chi connectivity index (χ0v) is 10.9. The average molecular weight is 284 g/mol. The highest BCUT2D eigenvalue weighted by molar-refractivity contribution is 5.90. The van der Waals surface area contributed by atoms with Gasteiger partial charge >= 0.3 is 6.01 Å². The molecule has 1 aromatic heterocycles. The number of benzene rings is 1. The largest absolute Gasteiger partial charge is 0.364 e. The van der Waals surface area contributed by atoms with Crippen molar-refractivity contribution in [3.8, 4) is 0 Å². The molecule has 0 fully saturated rings. The van der Waals surface area contributed by atoms with E-state index in [-0.39, 0.29) is 11.8 Å². The van der Waals surface area contributed by atoms with Crippen molar-refractivity contribution in [1.82, 2.24) is 20.9 Å². The van der Waals surface area contributed by atoms with Crippen LogP contribution < -0.4 is 15.9 Å². The molecule has 0 radical (unpaired) electrons. The maximum absolute atomic E-state index is 11.9. The average Bonchev–Trinajstić information content (AvgIpc) is 3.04. The van der Waals surface area contributed by atoms with E-state index >= 15 is 0 Å². The minimum absolute atomic E-state index is 0.0486. The summed E-state index contributed by atoms with van der Waals surface area (Å²) >= 11 is 0. The van der Waals surface area contributed by atoms with Crippen LogP contribution in [0, 0.1) is 0 Å². The van der Waals surface area contributed by atoms with Gasteiger partial charge in [0.15, 0.2) is 0 Å². The van der Waals surface area contributed by atoms with Gasteiger partial charge in [0.2, 0.25) is 0 Å². The van der Waals surface area contributed by atoms with Gasteiger partial charge in [-0.25, -0.2) is 0 Å². The minimum Gasteiger partial charge on any atom is -0.345 e. The van der Waals surface area contributed by atoms with E-state index in [1.165, 1.54) is 5.12 Å². The molecule has 3 rings (SSSR count). The van der Waals surface area contributed by atoms with Crippen molar-refractivity contribution in [2.45, 2.75) is 6.54 Å². The number of nitrogens with zero attached hydrogens (tertiary/aromatic N) is 4. The molecule has 2 heterocycles. The standard InChI is InChI=1S/C13H12N6O2/c20-12(14-9-10-5-2-1-3-6-10)11-17-13(21-18-11)19-15-7-4-8-16-19/h1-8,15H,9H2,(H,14,20). The van der Waals surface area contributed by atoms with Gasteiger partial charge in [0, 0.05) is 12.7 Å². The Balaban J connectivity index is 1.61. The van der Waals surface area contributed by atoms with Crippen LogP contribution in [0.15, 0.2) is 52.2 Å². The molecule has 8 nitrogen and oxygen atoms in total. The molecule has 0 bridgehead atoms. The summed E-state index contributed by atoms with van der Waals surface area (Å²) in [5.41, 5.74) is 3.76. The van der Waals surface area contributed by atoms with Crippen LogP contribution >= 0.6 is 0 Å². The smallest absolute Gasteiger partial charge is 0.345 e. The fourth-order valence-corrected chi connectivity index (χ4v) is 1.65. The van der Waals surface area contributed by atoms with Crippen molar-refractivity contribution in [2.24, 2.45) is 5.10 Å². The minimum atomic E-state index is -0.412. The lowest BCUT2D eigenvalue weighted by Crippen LogP contribution is -2.31. The van der Waals surface area contributed by atoms with Gasteiger partial charge in [-0.1, -0.05) is 30.3 Å². The molecule has 1 aliphatic heterocycles. The van der Waals surface area contributed by atoms with Crippen LogP contribution in [0.2, 0.25) is 0 Å². The SMILES string of the molecule is O=C(NCc1ccccc1)c1noc(N2N=CC=CN2)n1. The number of nitrogens with one attached hydrogen (secondary N) is 2. The van der Waals surface area contributed by atoms with Crippen LogP contribution in [-0.2, 0) is 6.54 Å². The summed E-state index contributed by atoms with van der Waals surface area (Å²) < 4.78 is 4.97. The molecular formula is C13H12N6O2. The number of hydrogen-bond acceptors (Lipinski definition) is 7. The van der Waals surface area contributed by atoms with Gasteiger partial charge in [-0.05, 0) is 16.8 Å². The molecule has 1 aliphatic rings. The number of carbonyl (C=O) groups excluding carboxylic acids is 1. The number of rotatable bonds is 4. The van der Waals surface area contributed by atoms with Gasteiger partial charge in [0.1, 0.15) is 0 Å². The molecule has 106 valence electrons. The molecule has 0 aliphatic carbocycles. The molecule has 2 N–H and O–H groups in total. The summed E-state index contributed by atoms with van der Waals surface area (Å²) in [6.45, 7) is 0.395. The summed E-state index contributed by atoms with van der Waals surface area (Å²) in [4.78, 5) is 15.9. The predicted octanol–water partition coefficient (Wildman–Crippen LogP) is 0.824. The highest BCUT2D eigenvalue weighted by Gasteiger charge is 2.18. The van der Waals surface area contributed by atoms with Gasteiger partial charge in [-0.15, -0.1) is 5.12 Å². The Hall–Kier alpha value is -3.16. The number of allylic oxidation sites excluding steroid dienone is 1. The Morgan fingerprint density at radius 3 is 2.95 bits per heavy atom. The summed E-state index contributed by atoms with van der Waals surface area (Å²) in [5.74, 6) is -0.460. The predicted molar refractivity (Wildman–Crippen MR) is 75.2 cm³/mol. The van der Waals surface area contributed by atoms with Crippen molar-refractivity contribution >= 4 is 18.1 Å². The second kappa shape index (κ2) is 5.87. The van der Waals surface area contributed by atoms with Crippen LogP contribution in [0.1, 0.15) is 16.2 Å². The molecule has 0 spiro atoms. The molecule has 0 saturated heterocycles. The van der Waals surface area contributed by atoms with Crippen molar-refractivity contribution in [3.63, 3.8) is 0 Å². The van der Waals surface area contributed by atoms with E-state index in [1.807, 2.05) is 30.3 Å². The van der Waals surface area contributed by atoms with Crippen molar-refractivity contribution in [1.29, 1.82) is 0 Å². The Morgan fingerprint density at radius 2 is 2.19 bits per heavy atom. The zero-order chi connectivity index (χ0) is 14.5. The summed E-state index contributed by atoms with van der Waals surface area (Å²) in [6, 6.07) is 9.64. The van der Waals surface area contributed by atoms with Crippen LogP contribution in [0.5, 0.6) is 0 Å². The van der Waals surface area contributed by atoms with Crippen molar-refractivity contribution < 1.29 is 9.32 Å². The number of amides is 1. The van der Waals surface area contributed by atoms with Gasteiger partial charge in [-0.2, -0.15) is 10.1 Å². The number of carbonyl (C=O) groups is 1. The summed E-state index contributed by atoms with van der Waals surface area (Å²) in [6.07, 6.45) is 4.91. The highest BCUT2D eigenvalue weighted by Crippen LogP contribution is 2.10. The molecule has 8 heteroatoms. The zero-order valence-electron chi connectivity index (χ0n) is 10.9. The highest BCUT2D eigenvalue weighted by atomic mass is 16.5. The molecule has 0 atom stereocenters. The summed E-state index contributed by atoms with van der Waals surface area (Å²) in [5, 5.41) is 11.6. The van der Waals surface area contributed by atoms with E-state index < -0.39 is 5.91 Å². The Morgan fingerprint density at radius 1 is 1.33 bits per heavy atom. The third kappa shape index (κ3) is 3.06. The van der Waals surface area contributed by atoms with Crippen LogP contribution in [-0.4, -0.2) is 22.3 Å². The second-order valence-corrected chi connectivity index (χ2v) is 4.13. The first-order valence-corrected chi connectivity index (χ1v) is 6.24. The normalized spacial score (nSPS) is 13.0. The molecule has 0 unspecified atom stereocenters. The van der Waals surface area contributed by atoms with E-state index in [4.69, 9.17) is 4.52 Å². The lowest BCUT2D eigenvalue weighted by Gasteiger charge is -2.14. The topological polar surface area (TPSA) is 95.7 Å². The van der Waals surface area contributed by atoms with E-state index in [9.17, 15) is 4.79 Å².